The number of pyridine rings is 1. The molecule has 18 heavy (non-hydrogen) atoms. The number of halogens is 1. The molecule has 94 valence electrons. The first-order valence-electron chi connectivity index (χ1n) is 5.79. The van der Waals surface area contributed by atoms with Crippen molar-refractivity contribution in [3.8, 4) is 11.4 Å². The summed E-state index contributed by atoms with van der Waals surface area (Å²) in [5, 5.41) is 9.45. The quantitative estimate of drug-likeness (QED) is 0.640. The van der Waals surface area contributed by atoms with Crippen molar-refractivity contribution in [2.24, 2.45) is 7.05 Å². The predicted octanol–water partition coefficient (Wildman–Crippen LogP) is 2.90. The Labute approximate surface area is 118 Å². The van der Waals surface area contributed by atoms with Crippen molar-refractivity contribution in [2.45, 2.75) is 22.3 Å². The lowest BCUT2D eigenvalue weighted by molar-refractivity contribution is 0.792. The van der Waals surface area contributed by atoms with Crippen LogP contribution in [0.3, 0.4) is 0 Å². The van der Waals surface area contributed by atoms with Gasteiger partial charge in [0, 0.05) is 35.1 Å². The average Bonchev–Trinajstić information content (AvgIpc) is 3.01. The molecule has 0 unspecified atom stereocenters. The highest BCUT2D eigenvalue weighted by molar-refractivity contribution is 9.10. The second-order valence-electron chi connectivity index (χ2n) is 4.55. The van der Waals surface area contributed by atoms with Gasteiger partial charge in [-0.15, -0.1) is 10.2 Å². The molecule has 4 nitrogen and oxygen atoms in total. The van der Waals surface area contributed by atoms with Crippen LogP contribution in [0.15, 0.2) is 29.7 Å². The Hall–Kier alpha value is -0.880. The third-order valence-electron chi connectivity index (χ3n) is 3.01. The second-order valence-corrected chi connectivity index (χ2v) is 7.17. The number of rotatable bonds is 4. The Morgan fingerprint density at radius 3 is 2.94 bits per heavy atom. The summed E-state index contributed by atoms with van der Waals surface area (Å²) in [6.45, 7) is 0. The Balaban J connectivity index is 1.79. The van der Waals surface area contributed by atoms with Gasteiger partial charge in [0.15, 0.2) is 11.0 Å². The SMILES string of the molecule is Cn1c(SCC2(Br)CC2)nnc1-c1cccnc1. The predicted molar refractivity (Wildman–Crippen MR) is 75.9 cm³/mol. The summed E-state index contributed by atoms with van der Waals surface area (Å²) in [6.07, 6.45) is 6.09. The fourth-order valence-corrected chi connectivity index (χ4v) is 3.26. The van der Waals surface area contributed by atoms with Gasteiger partial charge in [0.05, 0.1) is 0 Å². The molecule has 0 N–H and O–H groups in total. The largest absolute Gasteiger partial charge is 0.305 e. The number of hydrogen-bond donors (Lipinski definition) is 0. The van der Waals surface area contributed by atoms with Gasteiger partial charge in [-0.2, -0.15) is 0 Å². The molecule has 1 aliphatic carbocycles. The standard InChI is InChI=1S/C12H13BrN4S/c1-17-10(9-3-2-6-14-7-9)15-16-11(17)18-8-12(13)4-5-12/h2-3,6-7H,4-5,8H2,1H3. The van der Waals surface area contributed by atoms with Gasteiger partial charge in [0.2, 0.25) is 0 Å². The van der Waals surface area contributed by atoms with Crippen LogP contribution in [-0.2, 0) is 7.05 Å². The molecule has 0 aromatic carbocycles. The zero-order valence-electron chi connectivity index (χ0n) is 10.0. The number of hydrogen-bond acceptors (Lipinski definition) is 4. The van der Waals surface area contributed by atoms with E-state index in [1.54, 1.807) is 18.0 Å². The van der Waals surface area contributed by atoms with Crippen LogP contribution >= 0.6 is 27.7 Å². The monoisotopic (exact) mass is 324 g/mol. The minimum absolute atomic E-state index is 0.345. The van der Waals surface area contributed by atoms with E-state index in [4.69, 9.17) is 0 Å². The average molecular weight is 325 g/mol. The van der Waals surface area contributed by atoms with Crippen LogP contribution in [0.25, 0.3) is 11.4 Å². The van der Waals surface area contributed by atoms with E-state index in [1.807, 2.05) is 29.9 Å². The van der Waals surface area contributed by atoms with Crippen molar-refractivity contribution in [1.29, 1.82) is 0 Å². The third kappa shape index (κ3) is 2.44. The summed E-state index contributed by atoms with van der Waals surface area (Å²) in [6, 6.07) is 3.91. The zero-order chi connectivity index (χ0) is 12.6. The molecule has 3 rings (SSSR count). The molecule has 1 saturated carbocycles. The fraction of sp³-hybridized carbons (Fsp3) is 0.417. The summed E-state index contributed by atoms with van der Waals surface area (Å²) in [7, 11) is 2.00. The molecular weight excluding hydrogens is 312 g/mol. The van der Waals surface area contributed by atoms with Gasteiger partial charge in [0.1, 0.15) is 0 Å². The van der Waals surface area contributed by atoms with E-state index in [2.05, 4.69) is 31.1 Å². The van der Waals surface area contributed by atoms with Crippen molar-refractivity contribution >= 4 is 27.7 Å². The first kappa shape index (κ1) is 12.2. The van der Waals surface area contributed by atoms with Gasteiger partial charge in [-0.3, -0.25) is 4.98 Å². The summed E-state index contributed by atoms with van der Waals surface area (Å²) >= 11 is 5.49. The molecule has 1 fully saturated rings. The second kappa shape index (κ2) is 4.66. The summed E-state index contributed by atoms with van der Waals surface area (Å²) in [5.41, 5.74) is 0.999. The lowest BCUT2D eigenvalue weighted by Crippen LogP contribution is -2.02. The van der Waals surface area contributed by atoms with Gasteiger partial charge in [0.25, 0.3) is 0 Å². The van der Waals surface area contributed by atoms with E-state index in [9.17, 15) is 0 Å². The van der Waals surface area contributed by atoms with Crippen LogP contribution in [0.1, 0.15) is 12.8 Å². The molecule has 2 aromatic heterocycles. The highest BCUT2D eigenvalue weighted by Gasteiger charge is 2.40. The first-order valence-corrected chi connectivity index (χ1v) is 7.57. The summed E-state index contributed by atoms with van der Waals surface area (Å²) in [5.74, 6) is 1.91. The van der Waals surface area contributed by atoms with E-state index in [0.29, 0.717) is 4.32 Å². The number of alkyl halides is 1. The lowest BCUT2D eigenvalue weighted by atomic mass is 10.3. The number of aromatic nitrogens is 4. The highest BCUT2D eigenvalue weighted by Crippen LogP contribution is 2.47. The molecule has 0 bridgehead atoms. The topological polar surface area (TPSA) is 43.6 Å². The van der Waals surface area contributed by atoms with E-state index >= 15 is 0 Å². The van der Waals surface area contributed by atoms with E-state index in [1.165, 1.54) is 12.8 Å². The molecule has 0 spiro atoms. The first-order chi connectivity index (χ1) is 8.68. The van der Waals surface area contributed by atoms with E-state index < -0.39 is 0 Å². The van der Waals surface area contributed by atoms with Gasteiger partial charge in [-0.05, 0) is 25.0 Å². The maximum atomic E-state index is 4.25. The molecule has 6 heteroatoms. The normalized spacial score (nSPS) is 16.8. The molecular formula is C12H13BrN4S. The van der Waals surface area contributed by atoms with Gasteiger partial charge >= 0.3 is 0 Å². The number of nitrogens with zero attached hydrogens (tertiary/aromatic N) is 4. The molecule has 0 amide bonds. The smallest absolute Gasteiger partial charge is 0.191 e. The molecule has 0 saturated heterocycles. The number of thioether (sulfide) groups is 1. The van der Waals surface area contributed by atoms with E-state index in [0.717, 1.165) is 22.3 Å². The maximum Gasteiger partial charge on any atom is 0.191 e. The molecule has 0 aliphatic heterocycles. The zero-order valence-corrected chi connectivity index (χ0v) is 12.4. The Morgan fingerprint density at radius 1 is 1.44 bits per heavy atom. The molecule has 2 heterocycles. The summed E-state index contributed by atoms with van der Waals surface area (Å²) in [4.78, 5) is 4.11. The van der Waals surface area contributed by atoms with Crippen molar-refractivity contribution in [1.82, 2.24) is 19.7 Å². The molecule has 0 radical (unpaired) electrons. The molecule has 0 atom stereocenters. The van der Waals surface area contributed by atoms with Gasteiger partial charge in [-0.25, -0.2) is 0 Å². The lowest BCUT2D eigenvalue weighted by Gasteiger charge is -2.06. The Bertz CT molecular complexity index is 550. The minimum atomic E-state index is 0.345. The highest BCUT2D eigenvalue weighted by atomic mass is 79.9. The van der Waals surface area contributed by atoms with Crippen molar-refractivity contribution in [2.75, 3.05) is 5.75 Å². The van der Waals surface area contributed by atoms with Gasteiger partial charge in [-0.1, -0.05) is 27.7 Å². The Morgan fingerprint density at radius 2 is 2.28 bits per heavy atom. The third-order valence-corrected chi connectivity index (χ3v) is 5.76. The van der Waals surface area contributed by atoms with Crippen LogP contribution in [0.5, 0.6) is 0 Å². The van der Waals surface area contributed by atoms with E-state index in [-0.39, 0.29) is 0 Å². The summed E-state index contributed by atoms with van der Waals surface area (Å²) < 4.78 is 2.37. The molecule has 1 aliphatic rings. The van der Waals surface area contributed by atoms with Crippen LogP contribution in [0, 0.1) is 0 Å². The van der Waals surface area contributed by atoms with Gasteiger partial charge < -0.3 is 4.57 Å². The van der Waals surface area contributed by atoms with Crippen molar-refractivity contribution in [3.05, 3.63) is 24.5 Å². The Kier molecular flexibility index (Phi) is 3.15. The van der Waals surface area contributed by atoms with Crippen LogP contribution in [0.4, 0.5) is 0 Å². The van der Waals surface area contributed by atoms with Crippen LogP contribution in [0.2, 0.25) is 0 Å². The minimum Gasteiger partial charge on any atom is -0.305 e. The molecule has 2 aromatic rings. The van der Waals surface area contributed by atoms with Crippen LogP contribution in [-0.4, -0.2) is 29.8 Å². The fourth-order valence-electron chi connectivity index (χ4n) is 1.66. The van der Waals surface area contributed by atoms with Crippen LogP contribution < -0.4 is 0 Å². The maximum absolute atomic E-state index is 4.25. The van der Waals surface area contributed by atoms with Crippen molar-refractivity contribution in [3.63, 3.8) is 0 Å². The van der Waals surface area contributed by atoms with Crippen molar-refractivity contribution < 1.29 is 0 Å².